The van der Waals surface area contributed by atoms with Crippen molar-refractivity contribution in [1.82, 2.24) is 5.32 Å². The van der Waals surface area contributed by atoms with E-state index in [1.54, 1.807) is 13.8 Å². The van der Waals surface area contributed by atoms with Crippen LogP contribution in [0.5, 0.6) is 0 Å². The largest absolute Gasteiger partial charge is 0.465 e. The van der Waals surface area contributed by atoms with Crippen LogP contribution in [-0.2, 0) is 33.4 Å². The third-order valence-electron chi connectivity index (χ3n) is 3.31. The Kier molecular flexibility index (Phi) is 6.09. The molecule has 1 aliphatic carbocycles. The Labute approximate surface area is 127 Å². The highest BCUT2D eigenvalue weighted by molar-refractivity contribution is 6.03. The SMILES string of the molecule is CCOC(=O)C1(C(=O)OCC)CC(=C(NC=O)C(=O)OC)C1. The third kappa shape index (κ3) is 3.26. The Bertz CT molecular complexity index is 481. The number of hydrogen-bond donors (Lipinski definition) is 1. The van der Waals surface area contributed by atoms with Crippen LogP contribution in [0.3, 0.4) is 0 Å². The van der Waals surface area contributed by atoms with Crippen molar-refractivity contribution < 1.29 is 33.4 Å². The number of ether oxygens (including phenoxy) is 3. The zero-order chi connectivity index (χ0) is 16.8. The van der Waals surface area contributed by atoms with Gasteiger partial charge in [0, 0.05) is 0 Å². The molecule has 1 N–H and O–H groups in total. The molecule has 0 spiro atoms. The maximum absolute atomic E-state index is 12.1. The molecule has 1 aliphatic rings. The van der Waals surface area contributed by atoms with Gasteiger partial charge in [-0.15, -0.1) is 0 Å². The van der Waals surface area contributed by atoms with E-state index in [0.717, 1.165) is 7.11 Å². The number of carbonyl (C=O) groups is 4. The van der Waals surface area contributed by atoms with Gasteiger partial charge in [0.2, 0.25) is 6.41 Å². The van der Waals surface area contributed by atoms with Gasteiger partial charge < -0.3 is 19.5 Å². The van der Waals surface area contributed by atoms with Gasteiger partial charge in [-0.2, -0.15) is 0 Å². The Hall–Kier alpha value is -2.38. The molecule has 1 rings (SSSR count). The van der Waals surface area contributed by atoms with Crippen LogP contribution in [0.15, 0.2) is 11.3 Å². The first-order valence-electron chi connectivity index (χ1n) is 6.81. The number of esters is 3. The molecule has 0 aromatic heterocycles. The lowest BCUT2D eigenvalue weighted by atomic mass is 9.64. The quantitative estimate of drug-likeness (QED) is 0.233. The Morgan fingerprint density at radius 3 is 2.00 bits per heavy atom. The highest BCUT2D eigenvalue weighted by Gasteiger charge is 2.57. The van der Waals surface area contributed by atoms with Crippen LogP contribution < -0.4 is 5.32 Å². The minimum absolute atomic E-state index is 0.0596. The van der Waals surface area contributed by atoms with E-state index in [-0.39, 0.29) is 31.8 Å². The van der Waals surface area contributed by atoms with Crippen molar-refractivity contribution in [3.63, 3.8) is 0 Å². The predicted molar refractivity (Wildman–Crippen MR) is 73.2 cm³/mol. The molecule has 1 saturated carbocycles. The summed E-state index contributed by atoms with van der Waals surface area (Å²) in [5.41, 5.74) is -1.10. The fourth-order valence-electron chi connectivity index (χ4n) is 2.23. The van der Waals surface area contributed by atoms with Gasteiger partial charge in [-0.05, 0) is 32.3 Å². The molecule has 1 amide bonds. The highest BCUT2D eigenvalue weighted by atomic mass is 16.6. The van der Waals surface area contributed by atoms with Crippen molar-refractivity contribution in [3.05, 3.63) is 11.3 Å². The van der Waals surface area contributed by atoms with E-state index in [4.69, 9.17) is 9.47 Å². The van der Waals surface area contributed by atoms with Gasteiger partial charge in [0.15, 0.2) is 5.41 Å². The molecule has 0 radical (unpaired) electrons. The second-order valence-electron chi connectivity index (χ2n) is 4.61. The zero-order valence-electron chi connectivity index (χ0n) is 12.8. The van der Waals surface area contributed by atoms with Crippen molar-refractivity contribution in [2.75, 3.05) is 20.3 Å². The topological polar surface area (TPSA) is 108 Å². The monoisotopic (exact) mass is 313 g/mol. The predicted octanol–water partition coefficient (Wildman–Crippen LogP) is 0.0659. The molecule has 0 heterocycles. The number of nitrogens with one attached hydrogen (secondary N) is 1. The summed E-state index contributed by atoms with van der Waals surface area (Å²) in [5.74, 6) is -2.15. The average molecular weight is 313 g/mol. The lowest BCUT2D eigenvalue weighted by Crippen LogP contribution is -2.49. The lowest BCUT2D eigenvalue weighted by molar-refractivity contribution is -0.175. The lowest BCUT2D eigenvalue weighted by Gasteiger charge is -2.39. The molecule has 22 heavy (non-hydrogen) atoms. The Morgan fingerprint density at radius 2 is 1.64 bits per heavy atom. The van der Waals surface area contributed by atoms with Gasteiger partial charge in [0.1, 0.15) is 5.70 Å². The van der Waals surface area contributed by atoms with E-state index in [1.807, 2.05) is 0 Å². The molecule has 0 unspecified atom stereocenters. The second-order valence-corrected chi connectivity index (χ2v) is 4.61. The second kappa shape index (κ2) is 7.58. The fourth-order valence-corrected chi connectivity index (χ4v) is 2.23. The number of amides is 1. The molecule has 122 valence electrons. The van der Waals surface area contributed by atoms with Crippen molar-refractivity contribution in [2.24, 2.45) is 5.41 Å². The molecule has 0 bridgehead atoms. The van der Waals surface area contributed by atoms with Crippen LogP contribution in [0, 0.1) is 5.41 Å². The van der Waals surface area contributed by atoms with E-state index < -0.39 is 23.3 Å². The van der Waals surface area contributed by atoms with Crippen molar-refractivity contribution >= 4 is 24.3 Å². The smallest absolute Gasteiger partial charge is 0.354 e. The Balaban J connectivity index is 3.07. The van der Waals surface area contributed by atoms with E-state index in [0.29, 0.717) is 12.0 Å². The highest BCUT2D eigenvalue weighted by Crippen LogP contribution is 2.48. The molecule has 0 aromatic carbocycles. The van der Waals surface area contributed by atoms with Crippen LogP contribution in [0.1, 0.15) is 26.7 Å². The molecule has 0 aliphatic heterocycles. The zero-order valence-corrected chi connectivity index (χ0v) is 12.8. The first-order valence-corrected chi connectivity index (χ1v) is 6.81. The van der Waals surface area contributed by atoms with Gasteiger partial charge >= 0.3 is 17.9 Å². The van der Waals surface area contributed by atoms with Crippen LogP contribution in [0.4, 0.5) is 0 Å². The molecule has 0 saturated heterocycles. The van der Waals surface area contributed by atoms with Crippen LogP contribution in [0.25, 0.3) is 0 Å². The normalized spacial score (nSPS) is 15.1. The number of methoxy groups -OCH3 is 1. The first kappa shape index (κ1) is 17.7. The van der Waals surface area contributed by atoms with E-state index in [9.17, 15) is 19.2 Å². The maximum Gasteiger partial charge on any atom is 0.354 e. The van der Waals surface area contributed by atoms with Gasteiger partial charge in [-0.25, -0.2) is 4.79 Å². The summed E-state index contributed by atoms with van der Waals surface area (Å²) >= 11 is 0. The summed E-state index contributed by atoms with van der Waals surface area (Å²) in [6, 6.07) is 0. The van der Waals surface area contributed by atoms with Gasteiger partial charge in [-0.1, -0.05) is 0 Å². The summed E-state index contributed by atoms with van der Waals surface area (Å²) in [6.07, 6.45) is 0.208. The van der Waals surface area contributed by atoms with Crippen LogP contribution >= 0.6 is 0 Å². The van der Waals surface area contributed by atoms with Crippen LogP contribution in [-0.4, -0.2) is 44.6 Å². The third-order valence-corrected chi connectivity index (χ3v) is 3.31. The van der Waals surface area contributed by atoms with Gasteiger partial charge in [-0.3, -0.25) is 14.4 Å². The Morgan fingerprint density at radius 1 is 1.14 bits per heavy atom. The molecular weight excluding hydrogens is 294 g/mol. The molecule has 0 atom stereocenters. The molecule has 8 nitrogen and oxygen atoms in total. The number of rotatable bonds is 7. The van der Waals surface area contributed by atoms with Crippen LogP contribution in [0.2, 0.25) is 0 Å². The molecular formula is C14H19NO7. The molecule has 0 aromatic rings. The summed E-state index contributed by atoms with van der Waals surface area (Å²) in [5, 5.41) is 2.24. The number of carbonyl (C=O) groups excluding carboxylic acids is 4. The summed E-state index contributed by atoms with van der Waals surface area (Å²) < 4.78 is 14.4. The van der Waals surface area contributed by atoms with Crippen molar-refractivity contribution in [3.8, 4) is 0 Å². The van der Waals surface area contributed by atoms with Crippen molar-refractivity contribution in [2.45, 2.75) is 26.7 Å². The standard InChI is InChI=1S/C14H19NO7/c1-4-21-12(18)14(13(19)22-5-2)6-9(7-14)10(15-8-16)11(17)20-3/h8H,4-7H2,1-3H3,(H,15,16). The molecule has 8 heteroatoms. The average Bonchev–Trinajstić information content (AvgIpc) is 2.45. The van der Waals surface area contributed by atoms with E-state index >= 15 is 0 Å². The minimum atomic E-state index is -1.47. The summed E-state index contributed by atoms with van der Waals surface area (Å²) in [6.45, 7) is 3.49. The maximum atomic E-state index is 12.1. The summed E-state index contributed by atoms with van der Waals surface area (Å²) in [7, 11) is 1.16. The summed E-state index contributed by atoms with van der Waals surface area (Å²) in [4.78, 5) is 46.3. The van der Waals surface area contributed by atoms with Gasteiger partial charge in [0.05, 0.1) is 20.3 Å². The van der Waals surface area contributed by atoms with Gasteiger partial charge in [0.25, 0.3) is 0 Å². The number of hydrogen-bond acceptors (Lipinski definition) is 7. The fraction of sp³-hybridized carbons (Fsp3) is 0.571. The minimum Gasteiger partial charge on any atom is -0.465 e. The van der Waals surface area contributed by atoms with E-state index in [2.05, 4.69) is 10.1 Å². The van der Waals surface area contributed by atoms with Crippen molar-refractivity contribution in [1.29, 1.82) is 0 Å². The van der Waals surface area contributed by atoms with E-state index in [1.165, 1.54) is 0 Å². The number of allylic oxidation sites excluding steroid dienone is 1. The first-order chi connectivity index (χ1) is 10.5. The molecule has 1 fully saturated rings.